The maximum Gasteiger partial charge on any atom is 0.230 e. The number of carbonyl (C=O) groups excluding carboxylic acids is 1. The Balaban J connectivity index is 1.27. The number of carbonyl (C=O) groups is 1. The number of thiophene rings is 1. The van der Waals surface area contributed by atoms with Gasteiger partial charge in [0.05, 0.1) is 17.8 Å². The molecule has 0 aromatic carbocycles. The van der Waals surface area contributed by atoms with E-state index in [0.29, 0.717) is 11.8 Å². The topological polar surface area (TPSA) is 81.9 Å². The maximum atomic E-state index is 12.5. The number of nitriles is 1. The molecule has 5 rings (SSSR count). The molecule has 2 aliphatic heterocycles. The minimum atomic E-state index is 0.0336. The second kappa shape index (κ2) is 6.95. The van der Waals surface area contributed by atoms with E-state index < -0.39 is 0 Å². The Kier molecular flexibility index (Phi) is 4.44. The number of aromatic nitrogens is 2. The summed E-state index contributed by atoms with van der Waals surface area (Å²) in [5.74, 6) is 0.392. The van der Waals surface area contributed by atoms with Crippen molar-refractivity contribution < 1.29 is 4.79 Å². The van der Waals surface area contributed by atoms with Crippen LogP contribution >= 0.6 is 23.1 Å². The number of nitrogens with zero attached hydrogens (tertiary/aromatic N) is 4. The van der Waals surface area contributed by atoms with E-state index in [0.717, 1.165) is 42.0 Å². The van der Waals surface area contributed by atoms with E-state index in [9.17, 15) is 10.1 Å². The Hall–Kier alpha value is -1.85. The highest BCUT2D eigenvalue weighted by Crippen LogP contribution is 2.39. The van der Waals surface area contributed by atoms with E-state index in [1.807, 2.05) is 4.90 Å². The van der Waals surface area contributed by atoms with Gasteiger partial charge < -0.3 is 10.2 Å². The van der Waals surface area contributed by atoms with Gasteiger partial charge in [0.2, 0.25) is 5.91 Å². The zero-order valence-electron chi connectivity index (χ0n) is 15.0. The molecule has 1 amide bonds. The summed E-state index contributed by atoms with van der Waals surface area (Å²) < 4.78 is 0. The molecule has 0 unspecified atom stereocenters. The first-order chi connectivity index (χ1) is 13.2. The standard InChI is InChI=1S/C19H21N5OS2/c20-9-24-11-5-6-14(24)13(7-11)23-16(25)8-26-18-17-12-3-1-2-4-15(12)27-19(17)22-10-21-18/h10-11,13-14H,1-8H2,(H,23,25)/t11-,13+,14+/m0/s1. The number of thioether (sulfide) groups is 1. The molecule has 2 saturated heterocycles. The van der Waals surface area contributed by atoms with Crippen molar-refractivity contribution in [1.82, 2.24) is 20.2 Å². The molecule has 0 radical (unpaired) electrons. The SMILES string of the molecule is N#CN1[C@H]2CC[C@@H]1[C@H](NC(=O)CSc1ncnc3sc4c(c13)CCCC4)C2. The van der Waals surface area contributed by atoms with Crippen LogP contribution in [0.1, 0.15) is 42.5 Å². The molecule has 2 fully saturated rings. The number of hydrogen-bond donors (Lipinski definition) is 1. The lowest BCUT2D eigenvalue weighted by Crippen LogP contribution is -2.43. The molecule has 2 aromatic rings. The van der Waals surface area contributed by atoms with Crippen LogP contribution in [0.2, 0.25) is 0 Å². The number of amides is 1. The molecule has 0 spiro atoms. The summed E-state index contributed by atoms with van der Waals surface area (Å²) in [6.45, 7) is 0. The first-order valence-corrected chi connectivity index (χ1v) is 11.4. The van der Waals surface area contributed by atoms with Crippen molar-refractivity contribution in [2.24, 2.45) is 0 Å². The quantitative estimate of drug-likeness (QED) is 0.484. The Morgan fingerprint density at radius 3 is 3.11 bits per heavy atom. The Labute approximate surface area is 166 Å². The van der Waals surface area contributed by atoms with Crippen molar-refractivity contribution in [3.63, 3.8) is 0 Å². The van der Waals surface area contributed by atoms with Gasteiger partial charge in [-0.15, -0.1) is 11.3 Å². The van der Waals surface area contributed by atoms with Crippen molar-refractivity contribution in [2.45, 2.75) is 68.1 Å². The van der Waals surface area contributed by atoms with Crippen LogP contribution in [0.3, 0.4) is 0 Å². The van der Waals surface area contributed by atoms with Crippen LogP contribution in [0.25, 0.3) is 10.2 Å². The second-order valence-electron chi connectivity index (χ2n) is 7.57. The molecule has 2 bridgehead atoms. The average Bonchev–Trinajstić information content (AvgIpc) is 3.36. The Bertz CT molecular complexity index is 936. The molecular weight excluding hydrogens is 378 g/mol. The molecule has 27 heavy (non-hydrogen) atoms. The average molecular weight is 400 g/mol. The van der Waals surface area contributed by atoms with E-state index >= 15 is 0 Å². The van der Waals surface area contributed by atoms with Crippen molar-refractivity contribution >= 4 is 39.2 Å². The van der Waals surface area contributed by atoms with Crippen molar-refractivity contribution in [3.05, 3.63) is 16.8 Å². The minimum absolute atomic E-state index is 0.0336. The molecule has 8 heteroatoms. The van der Waals surface area contributed by atoms with Crippen LogP contribution in [0.5, 0.6) is 0 Å². The zero-order chi connectivity index (χ0) is 18.4. The maximum absolute atomic E-state index is 12.5. The van der Waals surface area contributed by atoms with Crippen LogP contribution in [-0.2, 0) is 17.6 Å². The van der Waals surface area contributed by atoms with Gasteiger partial charge in [0.25, 0.3) is 0 Å². The molecule has 4 heterocycles. The van der Waals surface area contributed by atoms with Crippen LogP contribution in [0.15, 0.2) is 11.4 Å². The molecule has 140 valence electrons. The minimum Gasteiger partial charge on any atom is -0.350 e. The summed E-state index contributed by atoms with van der Waals surface area (Å²) in [6, 6.07) is 0.608. The molecular formula is C19H21N5OS2. The lowest BCUT2D eigenvalue weighted by Gasteiger charge is -2.21. The Morgan fingerprint density at radius 1 is 1.37 bits per heavy atom. The van der Waals surface area contributed by atoms with Gasteiger partial charge in [-0.25, -0.2) is 9.97 Å². The van der Waals surface area contributed by atoms with E-state index in [4.69, 9.17) is 0 Å². The highest BCUT2D eigenvalue weighted by Gasteiger charge is 2.46. The van der Waals surface area contributed by atoms with Crippen LogP contribution in [0.4, 0.5) is 0 Å². The van der Waals surface area contributed by atoms with E-state index in [-0.39, 0.29) is 18.0 Å². The van der Waals surface area contributed by atoms with Gasteiger partial charge in [-0.3, -0.25) is 4.79 Å². The van der Waals surface area contributed by atoms with E-state index in [2.05, 4.69) is 21.5 Å². The van der Waals surface area contributed by atoms with Gasteiger partial charge >= 0.3 is 0 Å². The number of fused-ring (bicyclic) bond motifs is 5. The van der Waals surface area contributed by atoms with Gasteiger partial charge in [0.15, 0.2) is 6.19 Å². The van der Waals surface area contributed by atoms with Crippen molar-refractivity contribution in [3.8, 4) is 6.19 Å². The first kappa shape index (κ1) is 17.3. The van der Waals surface area contributed by atoms with E-state index in [1.165, 1.54) is 40.4 Å². The van der Waals surface area contributed by atoms with Crippen LogP contribution in [0, 0.1) is 11.5 Å². The van der Waals surface area contributed by atoms with Crippen molar-refractivity contribution in [1.29, 1.82) is 5.26 Å². The third-order valence-corrected chi connectivity index (χ3v) is 8.24. The second-order valence-corrected chi connectivity index (χ2v) is 9.62. The van der Waals surface area contributed by atoms with Gasteiger partial charge in [-0.1, -0.05) is 11.8 Å². The monoisotopic (exact) mass is 399 g/mol. The lowest BCUT2D eigenvalue weighted by atomic mass is 9.95. The molecule has 3 atom stereocenters. The summed E-state index contributed by atoms with van der Waals surface area (Å²) in [7, 11) is 0. The summed E-state index contributed by atoms with van der Waals surface area (Å²) in [6.07, 6.45) is 11.6. The van der Waals surface area contributed by atoms with Crippen molar-refractivity contribution in [2.75, 3.05) is 5.75 Å². The summed E-state index contributed by atoms with van der Waals surface area (Å²) in [4.78, 5) is 25.9. The smallest absolute Gasteiger partial charge is 0.230 e. The fraction of sp³-hybridized carbons (Fsp3) is 0.579. The number of aryl methyl sites for hydroxylation is 2. The van der Waals surface area contributed by atoms with Gasteiger partial charge in [0.1, 0.15) is 16.2 Å². The number of rotatable bonds is 4. The van der Waals surface area contributed by atoms with Gasteiger partial charge in [0, 0.05) is 16.3 Å². The van der Waals surface area contributed by atoms with Gasteiger partial charge in [-0.05, 0) is 50.5 Å². The molecule has 0 saturated carbocycles. The molecule has 1 N–H and O–H groups in total. The summed E-state index contributed by atoms with van der Waals surface area (Å²) >= 11 is 3.29. The highest BCUT2D eigenvalue weighted by molar-refractivity contribution is 8.00. The first-order valence-electron chi connectivity index (χ1n) is 9.60. The molecule has 6 nitrogen and oxygen atoms in total. The molecule has 1 aliphatic carbocycles. The fourth-order valence-electron chi connectivity index (χ4n) is 4.85. The zero-order valence-corrected chi connectivity index (χ0v) is 16.6. The predicted molar refractivity (Wildman–Crippen MR) is 106 cm³/mol. The normalized spacial score (nSPS) is 26.2. The fourth-order valence-corrected chi connectivity index (χ4v) is 6.98. The largest absolute Gasteiger partial charge is 0.350 e. The molecule has 3 aliphatic rings. The summed E-state index contributed by atoms with van der Waals surface area (Å²) in [5.41, 5.74) is 1.41. The van der Waals surface area contributed by atoms with Crippen LogP contribution < -0.4 is 5.32 Å². The summed E-state index contributed by atoms with van der Waals surface area (Å²) in [5, 5.41) is 14.5. The predicted octanol–water partition coefficient (Wildman–Crippen LogP) is 2.86. The third kappa shape index (κ3) is 2.97. The number of hydrogen-bond acceptors (Lipinski definition) is 7. The van der Waals surface area contributed by atoms with Gasteiger partial charge in [-0.2, -0.15) is 5.26 Å². The Morgan fingerprint density at radius 2 is 2.26 bits per heavy atom. The lowest BCUT2D eigenvalue weighted by molar-refractivity contribution is -0.119. The van der Waals surface area contributed by atoms with Crippen LogP contribution in [-0.4, -0.2) is 44.7 Å². The number of nitrogens with one attached hydrogen (secondary N) is 1. The van der Waals surface area contributed by atoms with E-state index in [1.54, 1.807) is 17.7 Å². The molecule has 2 aromatic heterocycles. The highest BCUT2D eigenvalue weighted by atomic mass is 32.2. The third-order valence-electron chi connectivity index (χ3n) is 6.06.